The van der Waals surface area contributed by atoms with Crippen LogP contribution in [0.5, 0.6) is 5.75 Å². The summed E-state index contributed by atoms with van der Waals surface area (Å²) in [5, 5.41) is 13.2. The number of methoxy groups -OCH3 is 1. The van der Waals surface area contributed by atoms with Crippen LogP contribution in [0.3, 0.4) is 0 Å². The number of hydrogen-bond donors (Lipinski definition) is 2. The minimum atomic E-state index is -0.912. The van der Waals surface area contributed by atoms with Crippen molar-refractivity contribution < 1.29 is 28.6 Å². The van der Waals surface area contributed by atoms with Gasteiger partial charge in [-0.05, 0) is 25.3 Å². The first-order valence-electron chi connectivity index (χ1n) is 8.30. The number of benzene rings is 1. The molecule has 2 aliphatic heterocycles. The number of ether oxygens (including phenoxy) is 2. The molecule has 0 bridgehead atoms. The zero-order valence-electron chi connectivity index (χ0n) is 14.0. The van der Waals surface area contributed by atoms with Crippen molar-refractivity contribution in [2.75, 3.05) is 25.6 Å². The highest BCUT2D eigenvalue weighted by Crippen LogP contribution is 2.34. The van der Waals surface area contributed by atoms with Gasteiger partial charge in [-0.1, -0.05) is 0 Å². The van der Waals surface area contributed by atoms with Crippen LogP contribution in [0.25, 0.3) is 0 Å². The van der Waals surface area contributed by atoms with E-state index >= 15 is 0 Å². The highest BCUT2D eigenvalue weighted by atomic mass is 19.1. The van der Waals surface area contributed by atoms with Gasteiger partial charge in [0.25, 0.3) is 5.91 Å². The number of aliphatic hydroxyl groups is 1. The largest absolute Gasteiger partial charge is 0.490 e. The van der Waals surface area contributed by atoms with E-state index in [1.54, 1.807) is 4.90 Å². The van der Waals surface area contributed by atoms with E-state index in [4.69, 9.17) is 4.74 Å². The van der Waals surface area contributed by atoms with Gasteiger partial charge in [-0.3, -0.25) is 9.59 Å². The van der Waals surface area contributed by atoms with Gasteiger partial charge >= 0.3 is 5.97 Å². The predicted octanol–water partition coefficient (Wildman–Crippen LogP) is 1.51. The molecule has 3 rings (SSSR count). The number of fused-ring (bicyclic) bond motifs is 2. The lowest BCUT2D eigenvalue weighted by molar-refractivity contribution is -0.140. The number of carbonyl (C=O) groups excluding carboxylic acids is 2. The van der Waals surface area contributed by atoms with E-state index < -0.39 is 12.0 Å². The van der Waals surface area contributed by atoms with E-state index in [1.807, 2.05) is 0 Å². The molecule has 1 fully saturated rings. The molecule has 1 aromatic carbocycles. The van der Waals surface area contributed by atoms with E-state index in [9.17, 15) is 19.1 Å². The van der Waals surface area contributed by atoms with Crippen LogP contribution in [-0.4, -0.2) is 54.4 Å². The van der Waals surface area contributed by atoms with Crippen LogP contribution >= 0.6 is 0 Å². The van der Waals surface area contributed by atoms with Gasteiger partial charge in [-0.15, -0.1) is 0 Å². The fraction of sp³-hybridized carbons (Fsp3) is 0.529. The standard InChI is InChI=1S/C17H21FN2O5/c1-24-15(21)5-3-7-25-14-9-12-10(8-11(14)18)17(23)20-6-2-4-13(20)16(22)19-12/h8-9,13,16,19,22H,2-7H2,1H3. The minimum absolute atomic E-state index is 0.0295. The summed E-state index contributed by atoms with van der Waals surface area (Å²) in [7, 11) is 1.30. The average molecular weight is 352 g/mol. The Hall–Kier alpha value is -2.35. The molecule has 1 saturated heterocycles. The Balaban J connectivity index is 1.75. The summed E-state index contributed by atoms with van der Waals surface area (Å²) in [6.07, 6.45) is 1.16. The normalized spacial score (nSPS) is 21.9. The van der Waals surface area contributed by atoms with Crippen molar-refractivity contribution in [3.63, 3.8) is 0 Å². The van der Waals surface area contributed by atoms with Gasteiger partial charge in [-0.2, -0.15) is 0 Å². The molecule has 7 nitrogen and oxygen atoms in total. The number of anilines is 1. The van der Waals surface area contributed by atoms with E-state index in [0.717, 1.165) is 12.5 Å². The lowest BCUT2D eigenvalue weighted by Gasteiger charge is -2.25. The molecule has 2 aliphatic rings. The van der Waals surface area contributed by atoms with Crippen LogP contribution in [0.1, 0.15) is 36.0 Å². The Morgan fingerprint density at radius 1 is 1.48 bits per heavy atom. The molecule has 0 spiro atoms. The predicted molar refractivity (Wildman–Crippen MR) is 86.8 cm³/mol. The minimum Gasteiger partial charge on any atom is -0.490 e. The second-order valence-corrected chi connectivity index (χ2v) is 6.15. The number of rotatable bonds is 5. The average Bonchev–Trinajstić information content (AvgIpc) is 3.06. The van der Waals surface area contributed by atoms with Gasteiger partial charge in [-0.25, -0.2) is 4.39 Å². The molecule has 2 heterocycles. The van der Waals surface area contributed by atoms with Crippen molar-refractivity contribution in [3.05, 3.63) is 23.5 Å². The SMILES string of the molecule is COC(=O)CCCOc1cc2c(cc1F)C(=O)N1CCCC1C(O)N2. The van der Waals surface area contributed by atoms with E-state index in [-0.39, 0.29) is 42.3 Å². The highest BCUT2D eigenvalue weighted by molar-refractivity contribution is 6.01. The molecule has 2 N–H and O–H groups in total. The maximum absolute atomic E-state index is 14.3. The maximum atomic E-state index is 14.3. The Morgan fingerprint density at radius 2 is 2.28 bits per heavy atom. The molecule has 136 valence electrons. The monoisotopic (exact) mass is 352 g/mol. The molecule has 2 unspecified atom stereocenters. The summed E-state index contributed by atoms with van der Waals surface area (Å²) in [6.45, 7) is 0.686. The van der Waals surface area contributed by atoms with Crippen LogP contribution in [-0.2, 0) is 9.53 Å². The first kappa shape index (κ1) is 17.5. The molecule has 25 heavy (non-hydrogen) atoms. The quantitative estimate of drug-likeness (QED) is 0.617. The van der Waals surface area contributed by atoms with Crippen LogP contribution in [0, 0.1) is 5.82 Å². The van der Waals surface area contributed by atoms with Crippen LogP contribution in [0.15, 0.2) is 12.1 Å². The molecule has 0 saturated carbocycles. The first-order valence-corrected chi connectivity index (χ1v) is 8.30. The lowest BCUT2D eigenvalue weighted by atomic mass is 10.1. The summed E-state index contributed by atoms with van der Waals surface area (Å²) in [5.41, 5.74) is 0.527. The van der Waals surface area contributed by atoms with Crippen molar-refractivity contribution in [2.24, 2.45) is 0 Å². The second-order valence-electron chi connectivity index (χ2n) is 6.15. The Kier molecular flexibility index (Phi) is 5.08. The molecule has 0 radical (unpaired) electrons. The number of esters is 1. The number of nitrogens with one attached hydrogen (secondary N) is 1. The summed E-state index contributed by atoms with van der Waals surface area (Å²) >= 11 is 0. The summed E-state index contributed by atoms with van der Waals surface area (Å²) in [5.74, 6) is -1.34. The van der Waals surface area contributed by atoms with Crippen LogP contribution in [0.4, 0.5) is 10.1 Å². The topological polar surface area (TPSA) is 88.1 Å². The molecule has 2 atom stereocenters. The van der Waals surface area contributed by atoms with Crippen molar-refractivity contribution in [1.82, 2.24) is 4.90 Å². The maximum Gasteiger partial charge on any atom is 0.305 e. The molecular weight excluding hydrogens is 331 g/mol. The molecule has 0 aromatic heterocycles. The van der Waals surface area contributed by atoms with Crippen molar-refractivity contribution in [2.45, 2.75) is 38.0 Å². The van der Waals surface area contributed by atoms with Gasteiger partial charge in [0.05, 0.1) is 31.0 Å². The zero-order chi connectivity index (χ0) is 18.0. The number of halogens is 1. The van der Waals surface area contributed by atoms with Gasteiger partial charge in [0.1, 0.15) is 6.23 Å². The third-order valence-electron chi connectivity index (χ3n) is 4.54. The summed E-state index contributed by atoms with van der Waals surface area (Å²) < 4.78 is 24.2. The van der Waals surface area contributed by atoms with Gasteiger partial charge in [0.2, 0.25) is 0 Å². The molecule has 8 heteroatoms. The molecular formula is C17H21FN2O5. The first-order chi connectivity index (χ1) is 12.0. The fourth-order valence-corrected chi connectivity index (χ4v) is 3.24. The van der Waals surface area contributed by atoms with Gasteiger partial charge in [0, 0.05) is 19.0 Å². The highest BCUT2D eigenvalue weighted by Gasteiger charge is 2.38. The van der Waals surface area contributed by atoms with E-state index in [1.165, 1.54) is 13.2 Å². The summed E-state index contributed by atoms with van der Waals surface area (Å²) in [4.78, 5) is 25.3. The van der Waals surface area contributed by atoms with E-state index in [0.29, 0.717) is 25.1 Å². The number of carbonyl (C=O) groups is 2. The zero-order valence-corrected chi connectivity index (χ0v) is 14.0. The third kappa shape index (κ3) is 3.53. The third-order valence-corrected chi connectivity index (χ3v) is 4.54. The Morgan fingerprint density at radius 3 is 3.04 bits per heavy atom. The lowest BCUT2D eigenvalue weighted by Crippen LogP contribution is -2.43. The number of amides is 1. The Labute approximate surface area is 144 Å². The van der Waals surface area contributed by atoms with Crippen molar-refractivity contribution >= 4 is 17.6 Å². The van der Waals surface area contributed by atoms with Gasteiger partial charge < -0.3 is 24.8 Å². The van der Waals surface area contributed by atoms with Crippen LogP contribution < -0.4 is 10.1 Å². The second kappa shape index (κ2) is 7.26. The smallest absolute Gasteiger partial charge is 0.305 e. The number of hydrogen-bond acceptors (Lipinski definition) is 6. The van der Waals surface area contributed by atoms with Crippen LogP contribution in [0.2, 0.25) is 0 Å². The number of aliphatic hydroxyl groups excluding tert-OH is 1. The molecule has 0 aliphatic carbocycles. The molecule has 1 amide bonds. The molecule has 1 aromatic rings. The Bertz CT molecular complexity index is 681. The van der Waals surface area contributed by atoms with Gasteiger partial charge in [0.15, 0.2) is 11.6 Å². The van der Waals surface area contributed by atoms with Crippen molar-refractivity contribution in [3.8, 4) is 5.75 Å². The number of nitrogens with zero attached hydrogens (tertiary/aromatic N) is 1. The van der Waals surface area contributed by atoms with Crippen molar-refractivity contribution in [1.29, 1.82) is 0 Å². The van der Waals surface area contributed by atoms with E-state index in [2.05, 4.69) is 10.1 Å². The summed E-state index contributed by atoms with van der Waals surface area (Å²) in [6, 6.07) is 2.20. The fourth-order valence-electron chi connectivity index (χ4n) is 3.24.